The standard InChI is InChI=1S/C19H26N2O4S/c1-3-24-9-10-25-13-17-6-4-5-16(11-17)12-20-18(22)7-8-21-15(2)14-26-19(21)23/h4-6,11,14H,3,7-10,12-13H2,1-2H3,(H,20,22). The highest BCUT2D eigenvalue weighted by Gasteiger charge is 2.06. The fourth-order valence-corrected chi connectivity index (χ4v) is 3.22. The molecule has 0 aliphatic rings. The van der Waals surface area contributed by atoms with Gasteiger partial charge < -0.3 is 19.4 Å². The summed E-state index contributed by atoms with van der Waals surface area (Å²) in [6.45, 7) is 7.08. The summed E-state index contributed by atoms with van der Waals surface area (Å²) in [5.41, 5.74) is 2.98. The molecular formula is C19H26N2O4S. The smallest absolute Gasteiger partial charge is 0.307 e. The molecule has 0 fully saturated rings. The van der Waals surface area contributed by atoms with Crippen LogP contribution < -0.4 is 10.2 Å². The van der Waals surface area contributed by atoms with Gasteiger partial charge >= 0.3 is 4.87 Å². The van der Waals surface area contributed by atoms with E-state index in [-0.39, 0.29) is 17.2 Å². The maximum atomic E-state index is 12.0. The minimum absolute atomic E-state index is 0.0210. The van der Waals surface area contributed by atoms with Crippen molar-refractivity contribution in [3.05, 3.63) is 56.1 Å². The predicted molar refractivity (Wildman–Crippen MR) is 102 cm³/mol. The number of nitrogens with zero attached hydrogens (tertiary/aromatic N) is 1. The first kappa shape index (κ1) is 20.4. The Morgan fingerprint density at radius 3 is 2.73 bits per heavy atom. The van der Waals surface area contributed by atoms with Crippen LogP contribution in [0.3, 0.4) is 0 Å². The first-order valence-corrected chi connectivity index (χ1v) is 9.63. The van der Waals surface area contributed by atoms with Crippen molar-refractivity contribution in [3.63, 3.8) is 0 Å². The topological polar surface area (TPSA) is 69.6 Å². The summed E-state index contributed by atoms with van der Waals surface area (Å²) in [5.74, 6) is -0.0686. The Labute approximate surface area is 157 Å². The number of rotatable bonds is 11. The van der Waals surface area contributed by atoms with Gasteiger partial charge in [-0.05, 0) is 25.0 Å². The van der Waals surface area contributed by atoms with Crippen LogP contribution in [0.2, 0.25) is 0 Å². The number of carbonyl (C=O) groups is 1. The van der Waals surface area contributed by atoms with E-state index >= 15 is 0 Å². The van der Waals surface area contributed by atoms with Crippen LogP contribution in [0.5, 0.6) is 0 Å². The van der Waals surface area contributed by atoms with Crippen molar-refractivity contribution >= 4 is 17.2 Å². The summed E-state index contributed by atoms with van der Waals surface area (Å²) in [6.07, 6.45) is 0.289. The van der Waals surface area contributed by atoms with Crippen molar-refractivity contribution in [1.29, 1.82) is 0 Å². The van der Waals surface area contributed by atoms with Crippen LogP contribution >= 0.6 is 11.3 Å². The predicted octanol–water partition coefficient (Wildman–Crippen LogP) is 2.48. The molecule has 0 aliphatic heterocycles. The monoisotopic (exact) mass is 378 g/mol. The third-order valence-corrected chi connectivity index (χ3v) is 4.75. The molecule has 2 aromatic rings. The van der Waals surface area contributed by atoms with Crippen LogP contribution in [-0.4, -0.2) is 30.3 Å². The molecule has 26 heavy (non-hydrogen) atoms. The molecule has 0 aliphatic carbocycles. The molecule has 1 amide bonds. The molecule has 0 bridgehead atoms. The Balaban J connectivity index is 1.73. The molecule has 2 rings (SSSR count). The third-order valence-electron chi connectivity index (χ3n) is 3.86. The van der Waals surface area contributed by atoms with Crippen LogP contribution in [-0.2, 0) is 34.0 Å². The summed E-state index contributed by atoms with van der Waals surface area (Å²) in [4.78, 5) is 23.7. The van der Waals surface area contributed by atoms with Crippen LogP contribution in [0.25, 0.3) is 0 Å². The highest BCUT2D eigenvalue weighted by Crippen LogP contribution is 2.07. The molecule has 0 radical (unpaired) electrons. The maximum absolute atomic E-state index is 12.0. The molecule has 1 aromatic heterocycles. The normalized spacial score (nSPS) is 10.8. The van der Waals surface area contributed by atoms with Gasteiger partial charge in [-0.15, -0.1) is 0 Å². The number of thiazole rings is 1. The average Bonchev–Trinajstić information content (AvgIpc) is 2.96. The van der Waals surface area contributed by atoms with Gasteiger partial charge in [0, 0.05) is 37.2 Å². The van der Waals surface area contributed by atoms with E-state index in [2.05, 4.69) is 5.32 Å². The van der Waals surface area contributed by atoms with Crippen LogP contribution in [0, 0.1) is 6.92 Å². The zero-order valence-corrected chi connectivity index (χ0v) is 16.1. The highest BCUT2D eigenvalue weighted by atomic mass is 32.1. The number of aromatic nitrogens is 1. The molecule has 0 saturated heterocycles. The number of nitrogens with one attached hydrogen (secondary N) is 1. The molecule has 0 atom stereocenters. The van der Waals surface area contributed by atoms with E-state index in [4.69, 9.17) is 9.47 Å². The van der Waals surface area contributed by atoms with Crippen molar-refractivity contribution in [1.82, 2.24) is 9.88 Å². The first-order chi connectivity index (χ1) is 12.6. The van der Waals surface area contributed by atoms with E-state index in [9.17, 15) is 9.59 Å². The number of aryl methyl sites for hydroxylation is 1. The summed E-state index contributed by atoms with van der Waals surface area (Å²) in [6, 6.07) is 7.95. The Morgan fingerprint density at radius 1 is 1.23 bits per heavy atom. The van der Waals surface area contributed by atoms with Gasteiger partial charge in [0.05, 0.1) is 19.8 Å². The number of ether oxygens (including phenoxy) is 2. The van der Waals surface area contributed by atoms with E-state index in [1.165, 1.54) is 0 Å². The Hall–Kier alpha value is -1.96. The second kappa shape index (κ2) is 10.9. The molecule has 0 saturated carbocycles. The van der Waals surface area contributed by atoms with Gasteiger partial charge in [0.15, 0.2) is 0 Å². The van der Waals surface area contributed by atoms with E-state index < -0.39 is 0 Å². The first-order valence-electron chi connectivity index (χ1n) is 8.75. The molecule has 0 spiro atoms. The summed E-state index contributed by atoms with van der Waals surface area (Å²) in [5, 5.41) is 4.71. The highest BCUT2D eigenvalue weighted by molar-refractivity contribution is 7.07. The zero-order chi connectivity index (χ0) is 18.8. The maximum Gasteiger partial charge on any atom is 0.307 e. The lowest BCUT2D eigenvalue weighted by Gasteiger charge is -2.09. The van der Waals surface area contributed by atoms with Gasteiger partial charge in [-0.1, -0.05) is 35.6 Å². The van der Waals surface area contributed by atoms with Crippen molar-refractivity contribution in [2.24, 2.45) is 0 Å². The molecule has 142 valence electrons. The average molecular weight is 378 g/mol. The van der Waals surface area contributed by atoms with Crippen molar-refractivity contribution in [2.75, 3.05) is 19.8 Å². The largest absolute Gasteiger partial charge is 0.379 e. The molecule has 7 heteroatoms. The number of hydrogen-bond donors (Lipinski definition) is 1. The van der Waals surface area contributed by atoms with Crippen molar-refractivity contribution in [3.8, 4) is 0 Å². The van der Waals surface area contributed by atoms with Gasteiger partial charge in [-0.2, -0.15) is 0 Å². The SMILES string of the molecule is CCOCCOCc1cccc(CNC(=O)CCn2c(C)csc2=O)c1. The minimum atomic E-state index is -0.0686. The number of hydrogen-bond acceptors (Lipinski definition) is 5. The summed E-state index contributed by atoms with van der Waals surface area (Å²) < 4.78 is 12.4. The van der Waals surface area contributed by atoms with Crippen molar-refractivity contribution < 1.29 is 14.3 Å². The van der Waals surface area contributed by atoms with Gasteiger partial charge in [0.25, 0.3) is 0 Å². The molecule has 1 heterocycles. The fraction of sp³-hybridized carbons (Fsp3) is 0.474. The second-order valence-corrected chi connectivity index (χ2v) is 6.71. The van der Waals surface area contributed by atoms with Gasteiger partial charge in [0.2, 0.25) is 5.91 Å². The van der Waals surface area contributed by atoms with Crippen LogP contribution in [0.4, 0.5) is 0 Å². The Morgan fingerprint density at radius 2 is 2.00 bits per heavy atom. The molecule has 1 N–H and O–H groups in total. The second-order valence-electron chi connectivity index (χ2n) is 5.89. The van der Waals surface area contributed by atoms with Crippen molar-refractivity contribution in [2.45, 2.75) is 40.0 Å². The van der Waals surface area contributed by atoms with E-state index in [1.807, 2.05) is 43.5 Å². The third kappa shape index (κ3) is 6.74. The summed E-state index contributed by atoms with van der Waals surface area (Å²) in [7, 11) is 0. The molecule has 6 nitrogen and oxygen atoms in total. The summed E-state index contributed by atoms with van der Waals surface area (Å²) >= 11 is 1.16. The van der Waals surface area contributed by atoms with Gasteiger partial charge in [-0.25, -0.2) is 0 Å². The van der Waals surface area contributed by atoms with Crippen LogP contribution in [0.15, 0.2) is 34.4 Å². The van der Waals surface area contributed by atoms with E-state index in [1.54, 1.807) is 4.57 Å². The fourth-order valence-electron chi connectivity index (χ4n) is 2.46. The van der Waals surface area contributed by atoms with E-state index in [0.717, 1.165) is 28.2 Å². The number of amides is 1. The molecule has 1 aromatic carbocycles. The number of benzene rings is 1. The number of carbonyl (C=O) groups excluding carboxylic acids is 1. The van der Waals surface area contributed by atoms with Gasteiger partial charge in [-0.3, -0.25) is 9.59 Å². The zero-order valence-electron chi connectivity index (χ0n) is 15.3. The minimum Gasteiger partial charge on any atom is -0.379 e. The Kier molecular flexibility index (Phi) is 8.53. The molecule has 0 unspecified atom stereocenters. The lowest BCUT2D eigenvalue weighted by molar-refractivity contribution is -0.121. The van der Waals surface area contributed by atoms with Crippen LogP contribution in [0.1, 0.15) is 30.2 Å². The lowest BCUT2D eigenvalue weighted by Crippen LogP contribution is -2.26. The Bertz CT molecular complexity index is 754. The van der Waals surface area contributed by atoms with Gasteiger partial charge in [0.1, 0.15) is 0 Å². The quantitative estimate of drug-likeness (QED) is 0.610. The molecular weight excluding hydrogens is 352 g/mol. The van der Waals surface area contributed by atoms with E-state index in [0.29, 0.717) is 39.5 Å². The lowest BCUT2D eigenvalue weighted by atomic mass is 10.1.